The first-order chi connectivity index (χ1) is 13.4. The second-order valence-corrected chi connectivity index (χ2v) is 8.91. The molecular formula is C21H24N2O4S. The molecule has 6 nitrogen and oxygen atoms in total. The predicted molar refractivity (Wildman–Crippen MR) is 106 cm³/mol. The van der Waals surface area contributed by atoms with Crippen molar-refractivity contribution < 1.29 is 17.9 Å². The Morgan fingerprint density at radius 3 is 2.75 bits per heavy atom. The summed E-state index contributed by atoms with van der Waals surface area (Å²) in [6, 6.07) is 14.1. The molecule has 1 unspecified atom stereocenters. The zero-order chi connectivity index (χ0) is 20.1. The van der Waals surface area contributed by atoms with Gasteiger partial charge in [0, 0.05) is 25.1 Å². The molecular weight excluding hydrogens is 376 g/mol. The lowest BCUT2D eigenvalue weighted by Crippen LogP contribution is -2.41. The molecule has 0 amide bonds. The third-order valence-electron chi connectivity index (χ3n) is 4.88. The molecule has 148 valence electrons. The topological polar surface area (TPSA) is 79.6 Å². The maximum absolute atomic E-state index is 13.0. The van der Waals surface area contributed by atoms with Gasteiger partial charge in [0.25, 0.3) is 0 Å². The van der Waals surface area contributed by atoms with E-state index in [9.17, 15) is 8.42 Å². The molecule has 1 atom stereocenters. The van der Waals surface area contributed by atoms with Gasteiger partial charge in [-0.25, -0.2) is 8.42 Å². The van der Waals surface area contributed by atoms with E-state index < -0.39 is 10.0 Å². The van der Waals surface area contributed by atoms with Crippen LogP contribution in [-0.2, 0) is 10.0 Å². The molecule has 0 spiro atoms. The van der Waals surface area contributed by atoms with Crippen LogP contribution in [0.15, 0.2) is 47.4 Å². The summed E-state index contributed by atoms with van der Waals surface area (Å²) >= 11 is 0. The zero-order valence-corrected chi connectivity index (χ0v) is 16.9. The molecule has 0 bridgehead atoms. The quantitative estimate of drug-likeness (QED) is 0.743. The maximum Gasteiger partial charge on any atom is 0.243 e. The van der Waals surface area contributed by atoms with Gasteiger partial charge in [0.2, 0.25) is 10.0 Å². The number of nitrogens with zero attached hydrogens (tertiary/aromatic N) is 2. The van der Waals surface area contributed by atoms with E-state index in [1.54, 1.807) is 40.7 Å². The fourth-order valence-electron chi connectivity index (χ4n) is 3.37. The van der Waals surface area contributed by atoms with Crippen LogP contribution >= 0.6 is 0 Å². The van der Waals surface area contributed by atoms with Crippen LogP contribution in [0.2, 0.25) is 0 Å². The number of sulfonamides is 1. The number of benzene rings is 2. The summed E-state index contributed by atoms with van der Waals surface area (Å²) in [4.78, 5) is 0.336. The molecule has 1 aliphatic heterocycles. The van der Waals surface area contributed by atoms with Crippen molar-refractivity contribution in [2.24, 2.45) is 5.92 Å². The zero-order valence-electron chi connectivity index (χ0n) is 16.1. The van der Waals surface area contributed by atoms with Gasteiger partial charge < -0.3 is 9.47 Å². The number of rotatable bonds is 6. The molecule has 28 heavy (non-hydrogen) atoms. The highest BCUT2D eigenvalue weighted by atomic mass is 32.2. The van der Waals surface area contributed by atoms with Crippen LogP contribution in [0.1, 0.15) is 24.0 Å². The molecule has 0 N–H and O–H groups in total. The van der Waals surface area contributed by atoms with Gasteiger partial charge in [-0.15, -0.1) is 0 Å². The number of methoxy groups -OCH3 is 1. The van der Waals surface area contributed by atoms with Gasteiger partial charge >= 0.3 is 0 Å². The van der Waals surface area contributed by atoms with Crippen molar-refractivity contribution in [2.45, 2.75) is 24.7 Å². The van der Waals surface area contributed by atoms with Crippen molar-refractivity contribution in [3.8, 4) is 17.6 Å². The monoisotopic (exact) mass is 400 g/mol. The highest BCUT2D eigenvalue weighted by Gasteiger charge is 2.30. The van der Waals surface area contributed by atoms with Crippen LogP contribution in [0.3, 0.4) is 0 Å². The Labute approximate surface area is 166 Å². The van der Waals surface area contributed by atoms with Gasteiger partial charge in [-0.2, -0.15) is 9.57 Å². The van der Waals surface area contributed by atoms with Crippen LogP contribution in [-0.4, -0.2) is 39.5 Å². The molecule has 2 aromatic carbocycles. The maximum atomic E-state index is 13.0. The number of aryl methyl sites for hydroxylation is 1. The summed E-state index contributed by atoms with van der Waals surface area (Å²) in [5.74, 6) is 1.15. The lowest BCUT2D eigenvalue weighted by Gasteiger charge is -2.32. The lowest BCUT2D eigenvalue weighted by molar-refractivity contribution is 0.176. The molecule has 3 rings (SSSR count). The van der Waals surface area contributed by atoms with E-state index >= 15 is 0 Å². The Bertz CT molecular complexity index is 982. The molecule has 1 fully saturated rings. The first-order valence-electron chi connectivity index (χ1n) is 9.22. The minimum Gasteiger partial charge on any atom is -0.493 e. The molecule has 7 heteroatoms. The van der Waals surface area contributed by atoms with Crippen molar-refractivity contribution in [2.75, 3.05) is 26.8 Å². The SMILES string of the molecule is COc1cc(C#N)ccc1OCC1CCCN(S(=O)(=O)c2cccc(C)c2)C1. The van der Waals surface area contributed by atoms with E-state index in [2.05, 4.69) is 6.07 Å². The van der Waals surface area contributed by atoms with Crippen molar-refractivity contribution in [3.63, 3.8) is 0 Å². The fourth-order valence-corrected chi connectivity index (χ4v) is 5.03. The Morgan fingerprint density at radius 2 is 2.04 bits per heavy atom. The van der Waals surface area contributed by atoms with Crippen molar-refractivity contribution in [1.29, 1.82) is 5.26 Å². The summed E-state index contributed by atoms with van der Waals surface area (Å²) in [6.07, 6.45) is 1.70. The number of nitriles is 1. The molecule has 1 saturated heterocycles. The molecule has 1 heterocycles. The van der Waals surface area contributed by atoms with Crippen LogP contribution < -0.4 is 9.47 Å². The largest absolute Gasteiger partial charge is 0.493 e. The molecule has 0 aliphatic carbocycles. The number of hydrogen-bond donors (Lipinski definition) is 0. The highest BCUT2D eigenvalue weighted by molar-refractivity contribution is 7.89. The minimum atomic E-state index is -3.51. The second kappa shape index (κ2) is 8.63. The van der Waals surface area contributed by atoms with Gasteiger partial charge in [0.15, 0.2) is 11.5 Å². The van der Waals surface area contributed by atoms with Crippen molar-refractivity contribution in [3.05, 3.63) is 53.6 Å². The predicted octanol–water partition coefficient (Wildman–Crippen LogP) is 3.36. The van der Waals surface area contributed by atoms with Crippen molar-refractivity contribution >= 4 is 10.0 Å². The van der Waals surface area contributed by atoms with E-state index in [-0.39, 0.29) is 5.92 Å². The molecule has 0 aromatic heterocycles. The summed E-state index contributed by atoms with van der Waals surface area (Å²) in [5.41, 5.74) is 1.42. The van der Waals surface area contributed by atoms with Gasteiger partial charge in [0.05, 0.1) is 30.2 Å². The Kier molecular flexibility index (Phi) is 6.22. The third kappa shape index (κ3) is 4.46. The average Bonchev–Trinajstić information content (AvgIpc) is 2.72. The standard InChI is InChI=1S/C21H24N2O4S/c1-16-5-3-7-19(11-16)28(24,25)23-10-4-6-18(14-23)15-27-20-9-8-17(13-22)12-21(20)26-2/h3,5,7-9,11-12,18H,4,6,10,14-15H2,1-2H3. The fraction of sp³-hybridized carbons (Fsp3) is 0.381. The van der Waals surface area contributed by atoms with Crippen LogP contribution in [0.5, 0.6) is 11.5 Å². The van der Waals surface area contributed by atoms with Gasteiger partial charge in [-0.1, -0.05) is 12.1 Å². The Morgan fingerprint density at radius 1 is 1.21 bits per heavy atom. The summed E-state index contributed by atoms with van der Waals surface area (Å²) in [6.45, 7) is 3.22. The van der Waals surface area contributed by atoms with E-state index in [0.717, 1.165) is 18.4 Å². The third-order valence-corrected chi connectivity index (χ3v) is 6.74. The number of hydrogen-bond acceptors (Lipinski definition) is 5. The summed E-state index contributed by atoms with van der Waals surface area (Å²) in [7, 11) is -1.98. The van der Waals surface area contributed by atoms with E-state index in [1.807, 2.05) is 13.0 Å². The van der Waals surface area contributed by atoms with E-state index in [1.165, 1.54) is 7.11 Å². The lowest BCUT2D eigenvalue weighted by atomic mass is 10.0. The van der Waals surface area contributed by atoms with Gasteiger partial charge in [-0.05, 0) is 49.6 Å². The summed E-state index contributed by atoms with van der Waals surface area (Å²) in [5, 5.41) is 8.99. The minimum absolute atomic E-state index is 0.0914. The van der Waals surface area contributed by atoms with Crippen LogP contribution in [0, 0.1) is 24.2 Å². The second-order valence-electron chi connectivity index (χ2n) is 6.98. The van der Waals surface area contributed by atoms with Crippen molar-refractivity contribution in [1.82, 2.24) is 4.31 Å². The van der Waals surface area contributed by atoms with Gasteiger partial charge in [-0.3, -0.25) is 0 Å². The average molecular weight is 401 g/mol. The number of piperidine rings is 1. The number of ether oxygens (including phenoxy) is 2. The molecule has 1 aliphatic rings. The normalized spacial score (nSPS) is 17.7. The van der Waals surface area contributed by atoms with Gasteiger partial charge in [0.1, 0.15) is 0 Å². The first kappa shape index (κ1) is 20.2. The van der Waals surface area contributed by atoms with E-state index in [0.29, 0.717) is 41.7 Å². The van der Waals surface area contributed by atoms with Crippen LogP contribution in [0.25, 0.3) is 0 Å². The highest BCUT2D eigenvalue weighted by Crippen LogP contribution is 2.30. The molecule has 0 radical (unpaired) electrons. The smallest absolute Gasteiger partial charge is 0.243 e. The summed E-state index contributed by atoms with van der Waals surface area (Å²) < 4.78 is 38.7. The first-order valence-corrected chi connectivity index (χ1v) is 10.7. The molecule has 0 saturated carbocycles. The van der Waals surface area contributed by atoms with E-state index in [4.69, 9.17) is 14.7 Å². The Hall–Kier alpha value is -2.56. The molecule has 2 aromatic rings. The van der Waals surface area contributed by atoms with Crippen LogP contribution in [0.4, 0.5) is 0 Å². The Balaban J connectivity index is 1.68.